The lowest BCUT2D eigenvalue weighted by atomic mass is 9.91. The van der Waals surface area contributed by atoms with Gasteiger partial charge < -0.3 is 5.11 Å². The smallest absolute Gasteiger partial charge is 0.416 e. The first kappa shape index (κ1) is 16.9. The van der Waals surface area contributed by atoms with Gasteiger partial charge in [-0.15, -0.1) is 0 Å². The van der Waals surface area contributed by atoms with E-state index >= 15 is 0 Å². The number of halogens is 3. The number of aliphatic hydroxyl groups excluding tert-OH is 1. The number of alkyl halides is 3. The van der Waals surface area contributed by atoms with Gasteiger partial charge in [-0.1, -0.05) is 0 Å². The second-order valence-corrected chi connectivity index (χ2v) is 5.40. The number of pyridine rings is 1. The number of aliphatic hydroxyl groups is 1. The maximum absolute atomic E-state index is 12.9. The minimum absolute atomic E-state index is 0.00311. The number of fused-ring (bicyclic) bond motifs is 1. The summed E-state index contributed by atoms with van der Waals surface area (Å²) >= 11 is 0. The maximum Gasteiger partial charge on any atom is 0.416 e. The molecule has 0 unspecified atom stereocenters. The number of nitrogens with zero attached hydrogens (tertiary/aromatic N) is 1. The van der Waals surface area contributed by atoms with Crippen LogP contribution in [-0.4, -0.2) is 10.1 Å². The van der Waals surface area contributed by atoms with E-state index in [-0.39, 0.29) is 11.5 Å². The Morgan fingerprint density at radius 1 is 1.16 bits per heavy atom. The van der Waals surface area contributed by atoms with Gasteiger partial charge in [0.1, 0.15) is 5.76 Å². The first-order chi connectivity index (χ1) is 11.8. The molecule has 0 atom stereocenters. The van der Waals surface area contributed by atoms with E-state index in [9.17, 15) is 18.3 Å². The first-order valence-electron chi connectivity index (χ1n) is 7.40. The Morgan fingerprint density at radius 3 is 2.60 bits per heavy atom. The predicted molar refractivity (Wildman–Crippen MR) is 85.4 cm³/mol. The van der Waals surface area contributed by atoms with Crippen LogP contribution in [0.5, 0.6) is 5.75 Å². The Morgan fingerprint density at radius 2 is 1.92 bits per heavy atom. The fourth-order valence-corrected chi connectivity index (χ4v) is 2.62. The van der Waals surface area contributed by atoms with Crippen molar-refractivity contribution in [3.05, 3.63) is 70.7 Å². The van der Waals surface area contributed by atoms with Gasteiger partial charge in [-0.2, -0.15) is 13.2 Å². The summed E-state index contributed by atoms with van der Waals surface area (Å²) in [5, 5.41) is 10.1. The van der Waals surface area contributed by atoms with Crippen LogP contribution >= 0.6 is 0 Å². The van der Waals surface area contributed by atoms with E-state index < -0.39 is 11.7 Å². The minimum Gasteiger partial charge on any atom is -0.508 e. The highest BCUT2D eigenvalue weighted by molar-refractivity contribution is 5.89. The molecule has 0 radical (unpaired) electrons. The van der Waals surface area contributed by atoms with Gasteiger partial charge in [0.25, 0.3) is 0 Å². The maximum atomic E-state index is 12.9. The quantitative estimate of drug-likeness (QED) is 0.604. The molecule has 7 heteroatoms. The van der Waals surface area contributed by atoms with Crippen LogP contribution in [0.25, 0.3) is 11.3 Å². The van der Waals surface area contributed by atoms with E-state index in [1.165, 1.54) is 24.5 Å². The summed E-state index contributed by atoms with van der Waals surface area (Å²) in [5.74, 6) is 0.324. The van der Waals surface area contributed by atoms with Gasteiger partial charge in [0.05, 0.1) is 5.56 Å². The third kappa shape index (κ3) is 3.05. The van der Waals surface area contributed by atoms with Crippen molar-refractivity contribution in [3.8, 4) is 5.75 Å². The van der Waals surface area contributed by atoms with Gasteiger partial charge in [0, 0.05) is 29.1 Å². The number of benzene rings is 1. The molecule has 4 nitrogen and oxygen atoms in total. The molecular formula is C18H14F3NO3. The molecule has 3 rings (SSSR count). The lowest BCUT2D eigenvalue weighted by Gasteiger charge is -2.23. The molecule has 1 aromatic carbocycles. The van der Waals surface area contributed by atoms with Crippen LogP contribution in [-0.2, 0) is 11.1 Å². The van der Waals surface area contributed by atoms with E-state index in [1.54, 1.807) is 19.9 Å². The molecule has 2 aromatic rings. The van der Waals surface area contributed by atoms with Crippen molar-refractivity contribution in [1.29, 1.82) is 0 Å². The second kappa shape index (κ2) is 6.16. The summed E-state index contributed by atoms with van der Waals surface area (Å²) in [4.78, 5) is 14.1. The summed E-state index contributed by atoms with van der Waals surface area (Å²) in [5.41, 5.74) is 1.15. The van der Waals surface area contributed by atoms with Crippen LogP contribution in [0, 0.1) is 0 Å². The van der Waals surface area contributed by atoms with Crippen molar-refractivity contribution >= 4 is 11.3 Å². The summed E-state index contributed by atoms with van der Waals surface area (Å²) in [6.07, 6.45) is 0.0233. The average Bonchev–Trinajstić information content (AvgIpc) is 2.60. The van der Waals surface area contributed by atoms with Crippen molar-refractivity contribution in [2.24, 2.45) is 0 Å². The Kier molecular flexibility index (Phi) is 4.16. The van der Waals surface area contributed by atoms with E-state index in [2.05, 4.69) is 4.98 Å². The van der Waals surface area contributed by atoms with E-state index in [0.29, 0.717) is 28.0 Å². The molecule has 1 aromatic heterocycles. The predicted octanol–water partition coefficient (Wildman–Crippen LogP) is 5.12. The first-order valence-corrected chi connectivity index (χ1v) is 7.40. The molecule has 2 heterocycles. The third-order valence-corrected chi connectivity index (χ3v) is 3.83. The molecule has 0 saturated carbocycles. The van der Waals surface area contributed by atoms with E-state index in [4.69, 9.17) is 9.78 Å². The van der Waals surface area contributed by atoms with Crippen LogP contribution in [0.3, 0.4) is 0 Å². The van der Waals surface area contributed by atoms with Gasteiger partial charge in [-0.25, -0.2) is 0 Å². The lowest BCUT2D eigenvalue weighted by Crippen LogP contribution is -2.12. The molecule has 25 heavy (non-hydrogen) atoms. The normalized spacial score (nSPS) is 14.7. The molecule has 1 N–H and O–H groups in total. The Hall–Kier alpha value is -2.96. The number of rotatable bonds is 2. The zero-order valence-corrected chi connectivity index (χ0v) is 13.4. The van der Waals surface area contributed by atoms with Crippen molar-refractivity contribution in [3.63, 3.8) is 0 Å². The standard InChI is InChI=1S/C18H14F3NO3/c1-3-15(23)14-9-22-7-6-12(14)17-10(2)24-25-16-8-11(18(19,20)21)4-5-13(16)17/h3-9,23H,1-2H3/b15-3+. The molecular weight excluding hydrogens is 335 g/mol. The summed E-state index contributed by atoms with van der Waals surface area (Å²) in [6, 6.07) is 4.86. The van der Waals surface area contributed by atoms with Crippen LogP contribution in [0.15, 0.2) is 48.5 Å². The average molecular weight is 349 g/mol. The topological polar surface area (TPSA) is 51.6 Å². The molecule has 1 aliphatic heterocycles. The largest absolute Gasteiger partial charge is 0.508 e. The summed E-state index contributed by atoms with van der Waals surface area (Å²) < 4.78 is 38.7. The Balaban J connectivity index is 2.20. The number of hydrogen-bond acceptors (Lipinski definition) is 4. The van der Waals surface area contributed by atoms with Crippen LogP contribution in [0.2, 0.25) is 0 Å². The van der Waals surface area contributed by atoms with E-state index in [0.717, 1.165) is 12.1 Å². The molecule has 130 valence electrons. The van der Waals surface area contributed by atoms with Gasteiger partial charge in [0.2, 0.25) is 0 Å². The summed E-state index contributed by atoms with van der Waals surface area (Å²) in [7, 11) is 0. The fourth-order valence-electron chi connectivity index (χ4n) is 2.62. The SMILES string of the molecule is C/C=C(/O)c1cnccc1C1=C(C)OOc2cc(C(F)(F)F)ccc21. The highest BCUT2D eigenvalue weighted by atomic mass is 19.4. The van der Waals surface area contributed by atoms with Crippen LogP contribution in [0.4, 0.5) is 13.2 Å². The van der Waals surface area contributed by atoms with Crippen molar-refractivity contribution in [2.75, 3.05) is 0 Å². The molecule has 1 aliphatic rings. The van der Waals surface area contributed by atoms with Crippen molar-refractivity contribution in [1.82, 2.24) is 4.98 Å². The molecule has 0 spiro atoms. The highest BCUT2D eigenvalue weighted by Gasteiger charge is 2.33. The molecule has 0 aliphatic carbocycles. The second-order valence-electron chi connectivity index (χ2n) is 5.40. The monoisotopic (exact) mass is 349 g/mol. The lowest BCUT2D eigenvalue weighted by molar-refractivity contribution is -0.169. The van der Waals surface area contributed by atoms with Crippen LogP contribution in [0.1, 0.15) is 36.1 Å². The zero-order chi connectivity index (χ0) is 18.2. The fraction of sp³-hybridized carbons (Fsp3) is 0.167. The van der Waals surface area contributed by atoms with E-state index in [1.807, 2.05) is 0 Å². The summed E-state index contributed by atoms with van der Waals surface area (Å²) in [6.45, 7) is 3.30. The van der Waals surface area contributed by atoms with Crippen molar-refractivity contribution < 1.29 is 28.1 Å². The van der Waals surface area contributed by atoms with Crippen LogP contribution < -0.4 is 4.89 Å². The third-order valence-electron chi connectivity index (χ3n) is 3.83. The zero-order valence-electron chi connectivity index (χ0n) is 13.4. The van der Waals surface area contributed by atoms with Gasteiger partial charge in [0.15, 0.2) is 11.5 Å². The minimum atomic E-state index is -4.49. The molecule has 0 amide bonds. The Bertz CT molecular complexity index is 885. The number of hydrogen-bond donors (Lipinski definition) is 1. The number of aromatic nitrogens is 1. The number of allylic oxidation sites excluding steroid dienone is 2. The molecule has 0 saturated heterocycles. The van der Waals surface area contributed by atoms with Gasteiger partial charge >= 0.3 is 6.18 Å². The van der Waals surface area contributed by atoms with Gasteiger partial charge in [-0.3, -0.25) is 14.8 Å². The molecule has 0 bridgehead atoms. The van der Waals surface area contributed by atoms with Crippen molar-refractivity contribution in [2.45, 2.75) is 20.0 Å². The molecule has 0 fully saturated rings. The highest BCUT2D eigenvalue weighted by Crippen LogP contribution is 2.42. The Labute approximate surface area is 141 Å². The van der Waals surface area contributed by atoms with Gasteiger partial charge in [-0.05, 0) is 49.8 Å².